The van der Waals surface area contributed by atoms with E-state index >= 15 is 0 Å². The van der Waals surface area contributed by atoms with Gasteiger partial charge in [0.05, 0.1) is 5.92 Å². The Bertz CT molecular complexity index is 274. The summed E-state index contributed by atoms with van der Waals surface area (Å²) in [5, 5.41) is 2.39. The molecule has 4 nitrogen and oxygen atoms in total. The first-order chi connectivity index (χ1) is 7.16. The topological polar surface area (TPSA) is 49.4 Å². The van der Waals surface area contributed by atoms with E-state index in [1.54, 1.807) is 4.90 Å². The summed E-state index contributed by atoms with van der Waals surface area (Å²) in [5.74, 6) is 0.606. The molecule has 2 aliphatic rings. The molecule has 15 heavy (non-hydrogen) atoms. The summed E-state index contributed by atoms with van der Waals surface area (Å²) in [6, 6.07) is -0.211. The van der Waals surface area contributed by atoms with E-state index in [0.717, 1.165) is 18.9 Å². The first-order valence-corrected chi connectivity index (χ1v) is 5.76. The van der Waals surface area contributed by atoms with E-state index in [1.165, 1.54) is 19.3 Å². The molecular formula is C11H18N2O2. The molecule has 3 amide bonds. The van der Waals surface area contributed by atoms with Crippen molar-refractivity contribution in [3.8, 4) is 0 Å². The second kappa shape index (κ2) is 4.21. The third-order valence-corrected chi connectivity index (χ3v) is 3.49. The van der Waals surface area contributed by atoms with E-state index in [4.69, 9.17) is 0 Å². The summed E-state index contributed by atoms with van der Waals surface area (Å²) in [4.78, 5) is 24.4. The van der Waals surface area contributed by atoms with Crippen molar-refractivity contribution in [1.29, 1.82) is 0 Å². The van der Waals surface area contributed by atoms with Crippen molar-refractivity contribution in [2.24, 2.45) is 11.8 Å². The lowest BCUT2D eigenvalue weighted by Crippen LogP contribution is -2.54. The van der Waals surface area contributed by atoms with Gasteiger partial charge in [0.25, 0.3) is 0 Å². The van der Waals surface area contributed by atoms with E-state index in [1.807, 2.05) is 6.92 Å². The lowest BCUT2D eigenvalue weighted by molar-refractivity contribution is -0.125. The Balaban J connectivity index is 1.80. The maximum absolute atomic E-state index is 11.5. The molecule has 1 saturated carbocycles. The predicted molar refractivity (Wildman–Crippen MR) is 56.2 cm³/mol. The smallest absolute Gasteiger partial charge is 0.324 e. The van der Waals surface area contributed by atoms with Gasteiger partial charge in [-0.1, -0.05) is 26.2 Å². The fourth-order valence-corrected chi connectivity index (χ4v) is 2.12. The van der Waals surface area contributed by atoms with Gasteiger partial charge in [0.2, 0.25) is 5.91 Å². The van der Waals surface area contributed by atoms with Crippen LogP contribution in [0, 0.1) is 11.8 Å². The third-order valence-electron chi connectivity index (χ3n) is 3.49. The van der Waals surface area contributed by atoms with Gasteiger partial charge in [0, 0.05) is 13.1 Å². The number of hydrogen-bond acceptors (Lipinski definition) is 2. The van der Waals surface area contributed by atoms with Crippen LogP contribution in [0.2, 0.25) is 0 Å². The molecule has 0 spiro atoms. The average molecular weight is 210 g/mol. The highest BCUT2D eigenvalue weighted by atomic mass is 16.2. The number of nitrogens with one attached hydrogen (secondary N) is 1. The molecule has 1 heterocycles. The number of urea groups is 1. The van der Waals surface area contributed by atoms with Crippen LogP contribution in [0.3, 0.4) is 0 Å². The van der Waals surface area contributed by atoms with E-state index in [0.29, 0.717) is 6.54 Å². The van der Waals surface area contributed by atoms with Crippen molar-refractivity contribution in [1.82, 2.24) is 10.2 Å². The summed E-state index contributed by atoms with van der Waals surface area (Å²) in [6.45, 7) is 3.24. The van der Waals surface area contributed by atoms with Crippen LogP contribution in [0.25, 0.3) is 0 Å². The number of carbonyl (C=O) groups excluding carboxylic acids is 2. The van der Waals surface area contributed by atoms with Crippen LogP contribution < -0.4 is 5.32 Å². The molecule has 2 fully saturated rings. The highest BCUT2D eigenvalue weighted by Crippen LogP contribution is 2.29. The Labute approximate surface area is 90.0 Å². The minimum Gasteiger partial charge on any atom is -0.324 e. The van der Waals surface area contributed by atoms with Gasteiger partial charge in [-0.05, 0) is 12.3 Å². The van der Waals surface area contributed by atoms with Crippen LogP contribution in [0.5, 0.6) is 0 Å². The second-order valence-corrected chi connectivity index (χ2v) is 4.73. The van der Waals surface area contributed by atoms with Crippen molar-refractivity contribution in [3.63, 3.8) is 0 Å². The van der Waals surface area contributed by atoms with Gasteiger partial charge in [0.15, 0.2) is 0 Å². The minimum atomic E-state index is -0.211. The lowest BCUT2D eigenvalue weighted by Gasteiger charge is -2.33. The van der Waals surface area contributed by atoms with Crippen molar-refractivity contribution >= 4 is 11.9 Å². The fourth-order valence-electron chi connectivity index (χ4n) is 2.12. The quantitative estimate of drug-likeness (QED) is 0.764. The van der Waals surface area contributed by atoms with Gasteiger partial charge in [-0.3, -0.25) is 10.1 Å². The van der Waals surface area contributed by atoms with Crippen LogP contribution >= 0.6 is 0 Å². The molecular weight excluding hydrogens is 192 g/mol. The van der Waals surface area contributed by atoms with Crippen LogP contribution in [0.15, 0.2) is 0 Å². The summed E-state index contributed by atoms with van der Waals surface area (Å²) in [5.41, 5.74) is 0. The van der Waals surface area contributed by atoms with Crippen molar-refractivity contribution < 1.29 is 9.59 Å². The summed E-state index contributed by atoms with van der Waals surface area (Å²) < 4.78 is 0. The SMILES string of the molecule is CC1CN(CCC2CCC2)C(=O)NC1=O. The van der Waals surface area contributed by atoms with Gasteiger partial charge in [0.1, 0.15) is 0 Å². The predicted octanol–water partition coefficient (Wildman–Crippen LogP) is 1.36. The number of imide groups is 1. The molecule has 1 aliphatic carbocycles. The molecule has 0 bridgehead atoms. The Hall–Kier alpha value is -1.06. The molecule has 0 aromatic heterocycles. The third kappa shape index (κ3) is 2.30. The highest BCUT2D eigenvalue weighted by Gasteiger charge is 2.29. The zero-order valence-electron chi connectivity index (χ0n) is 9.16. The molecule has 1 saturated heterocycles. The molecule has 1 aliphatic heterocycles. The zero-order chi connectivity index (χ0) is 10.8. The summed E-state index contributed by atoms with van der Waals surface area (Å²) in [7, 11) is 0. The molecule has 0 radical (unpaired) electrons. The van der Waals surface area contributed by atoms with Gasteiger partial charge in [-0.15, -0.1) is 0 Å². The van der Waals surface area contributed by atoms with Crippen molar-refractivity contribution in [2.75, 3.05) is 13.1 Å². The van der Waals surface area contributed by atoms with Crippen LogP contribution in [-0.4, -0.2) is 29.9 Å². The number of amides is 3. The monoisotopic (exact) mass is 210 g/mol. The van der Waals surface area contributed by atoms with Crippen LogP contribution in [-0.2, 0) is 4.79 Å². The number of carbonyl (C=O) groups is 2. The first-order valence-electron chi connectivity index (χ1n) is 5.76. The van der Waals surface area contributed by atoms with Crippen LogP contribution in [0.4, 0.5) is 4.79 Å². The minimum absolute atomic E-state index is 0.0657. The van der Waals surface area contributed by atoms with Crippen molar-refractivity contribution in [3.05, 3.63) is 0 Å². The summed E-state index contributed by atoms with van der Waals surface area (Å²) >= 11 is 0. The molecule has 0 aromatic carbocycles. The Morgan fingerprint density at radius 3 is 2.73 bits per heavy atom. The van der Waals surface area contributed by atoms with E-state index in [2.05, 4.69) is 5.32 Å². The number of hydrogen-bond donors (Lipinski definition) is 1. The Morgan fingerprint density at radius 1 is 1.40 bits per heavy atom. The maximum atomic E-state index is 11.5. The van der Waals surface area contributed by atoms with Gasteiger partial charge >= 0.3 is 6.03 Å². The molecule has 1 N–H and O–H groups in total. The highest BCUT2D eigenvalue weighted by molar-refractivity contribution is 5.97. The van der Waals surface area contributed by atoms with E-state index in [9.17, 15) is 9.59 Å². The Morgan fingerprint density at radius 2 is 2.13 bits per heavy atom. The lowest BCUT2D eigenvalue weighted by atomic mass is 9.83. The normalized spacial score (nSPS) is 27.5. The molecule has 4 heteroatoms. The first kappa shape index (κ1) is 10.5. The molecule has 1 atom stereocenters. The zero-order valence-corrected chi connectivity index (χ0v) is 9.16. The molecule has 1 unspecified atom stereocenters. The maximum Gasteiger partial charge on any atom is 0.324 e. The van der Waals surface area contributed by atoms with Gasteiger partial charge < -0.3 is 4.90 Å². The van der Waals surface area contributed by atoms with E-state index < -0.39 is 0 Å². The largest absolute Gasteiger partial charge is 0.324 e. The fraction of sp³-hybridized carbons (Fsp3) is 0.818. The van der Waals surface area contributed by atoms with Gasteiger partial charge in [-0.2, -0.15) is 0 Å². The van der Waals surface area contributed by atoms with Crippen molar-refractivity contribution in [2.45, 2.75) is 32.6 Å². The summed E-state index contributed by atoms with van der Waals surface area (Å²) in [6.07, 6.45) is 5.05. The second-order valence-electron chi connectivity index (χ2n) is 4.73. The number of nitrogens with zero attached hydrogens (tertiary/aromatic N) is 1. The van der Waals surface area contributed by atoms with Crippen LogP contribution in [0.1, 0.15) is 32.6 Å². The van der Waals surface area contributed by atoms with E-state index in [-0.39, 0.29) is 17.9 Å². The number of rotatable bonds is 3. The van der Waals surface area contributed by atoms with Gasteiger partial charge in [-0.25, -0.2) is 4.79 Å². The average Bonchev–Trinajstić information content (AvgIpc) is 2.11. The molecule has 0 aromatic rings. The molecule has 2 rings (SSSR count). The molecule has 84 valence electrons. The Kier molecular flexibility index (Phi) is 2.93. The standard InChI is InChI=1S/C11H18N2O2/c1-8-7-13(11(15)12-10(8)14)6-5-9-3-2-4-9/h8-9H,2-7H2,1H3,(H,12,14,15).